The average Bonchev–Trinajstić information content (AvgIpc) is 3.35. The zero-order chi connectivity index (χ0) is 18.9. The third-order valence-electron chi connectivity index (χ3n) is 3.53. The van der Waals surface area contributed by atoms with Crippen molar-refractivity contribution in [2.24, 2.45) is 0 Å². The number of furan rings is 1. The fraction of sp³-hybridized carbons (Fsp3) is 0.238. The molecule has 0 unspecified atom stereocenters. The summed E-state index contributed by atoms with van der Waals surface area (Å²) in [6.45, 7) is 10.1. The van der Waals surface area contributed by atoms with Gasteiger partial charge in [0.1, 0.15) is 0 Å². The molecule has 5 heteroatoms. The maximum absolute atomic E-state index is 5.15. The van der Waals surface area contributed by atoms with E-state index in [9.17, 15) is 0 Å². The SMILES string of the molecule is CC.CC.Cc1cccc(Nc2nccn3c(-c4ccoc4)cnc23)c1. The van der Waals surface area contributed by atoms with Gasteiger partial charge in [-0.3, -0.25) is 4.40 Å². The zero-order valence-corrected chi connectivity index (χ0v) is 16.0. The van der Waals surface area contributed by atoms with Crippen LogP contribution in [0.4, 0.5) is 11.5 Å². The van der Waals surface area contributed by atoms with Crippen molar-refractivity contribution in [1.82, 2.24) is 14.4 Å². The predicted octanol–water partition coefficient (Wildman–Crippen LogP) is 6.09. The molecule has 0 fully saturated rings. The van der Waals surface area contributed by atoms with Gasteiger partial charge >= 0.3 is 0 Å². The summed E-state index contributed by atoms with van der Waals surface area (Å²) in [7, 11) is 0. The highest BCUT2D eigenvalue weighted by Gasteiger charge is 2.11. The number of aryl methyl sites for hydroxylation is 1. The minimum absolute atomic E-state index is 0.725. The molecule has 4 rings (SSSR count). The minimum Gasteiger partial charge on any atom is -0.472 e. The number of hydrogen-bond acceptors (Lipinski definition) is 4. The van der Waals surface area contributed by atoms with Crippen molar-refractivity contribution in [2.45, 2.75) is 34.6 Å². The van der Waals surface area contributed by atoms with E-state index in [-0.39, 0.29) is 0 Å². The summed E-state index contributed by atoms with van der Waals surface area (Å²) in [5.74, 6) is 0.725. The lowest BCUT2D eigenvalue weighted by molar-refractivity contribution is 0.568. The van der Waals surface area contributed by atoms with Crippen LogP contribution in [0.2, 0.25) is 0 Å². The molecule has 0 spiro atoms. The molecule has 26 heavy (non-hydrogen) atoms. The molecule has 0 aliphatic rings. The van der Waals surface area contributed by atoms with E-state index >= 15 is 0 Å². The van der Waals surface area contributed by atoms with Crippen LogP contribution in [-0.4, -0.2) is 14.4 Å². The van der Waals surface area contributed by atoms with E-state index in [0.717, 1.165) is 28.4 Å². The van der Waals surface area contributed by atoms with Crippen molar-refractivity contribution in [3.05, 3.63) is 67.0 Å². The molecule has 0 aliphatic heterocycles. The van der Waals surface area contributed by atoms with Crippen LogP contribution in [0.5, 0.6) is 0 Å². The first-order chi connectivity index (χ1) is 12.8. The summed E-state index contributed by atoms with van der Waals surface area (Å²) in [6.07, 6.45) is 8.84. The molecular weight excluding hydrogens is 324 g/mol. The largest absolute Gasteiger partial charge is 0.472 e. The lowest BCUT2D eigenvalue weighted by Gasteiger charge is -2.08. The number of rotatable bonds is 3. The van der Waals surface area contributed by atoms with Crippen molar-refractivity contribution >= 4 is 17.2 Å². The van der Waals surface area contributed by atoms with Gasteiger partial charge in [-0.1, -0.05) is 39.8 Å². The fourth-order valence-electron chi connectivity index (χ4n) is 2.49. The van der Waals surface area contributed by atoms with Gasteiger partial charge in [0.05, 0.1) is 24.4 Å². The molecule has 0 saturated heterocycles. The van der Waals surface area contributed by atoms with Crippen LogP contribution in [-0.2, 0) is 0 Å². The molecule has 3 heterocycles. The molecule has 0 saturated carbocycles. The Balaban J connectivity index is 0.000000570. The highest BCUT2D eigenvalue weighted by atomic mass is 16.3. The summed E-state index contributed by atoms with van der Waals surface area (Å²) in [6, 6.07) is 10.1. The molecule has 0 radical (unpaired) electrons. The number of nitrogens with one attached hydrogen (secondary N) is 1. The van der Waals surface area contributed by atoms with E-state index in [4.69, 9.17) is 4.42 Å². The van der Waals surface area contributed by atoms with Gasteiger partial charge in [0.2, 0.25) is 0 Å². The van der Waals surface area contributed by atoms with Crippen molar-refractivity contribution < 1.29 is 4.42 Å². The molecular formula is C21H26N4O. The minimum atomic E-state index is 0.725. The average molecular weight is 350 g/mol. The smallest absolute Gasteiger partial charge is 0.180 e. The first-order valence-electron chi connectivity index (χ1n) is 8.99. The summed E-state index contributed by atoms with van der Waals surface area (Å²) in [5.41, 5.74) is 4.92. The predicted molar refractivity (Wildman–Crippen MR) is 108 cm³/mol. The summed E-state index contributed by atoms with van der Waals surface area (Å²) in [5, 5.41) is 3.33. The van der Waals surface area contributed by atoms with Gasteiger partial charge in [-0.25, -0.2) is 9.97 Å². The molecule has 0 atom stereocenters. The second-order valence-electron chi connectivity index (χ2n) is 5.12. The zero-order valence-electron chi connectivity index (χ0n) is 16.0. The van der Waals surface area contributed by atoms with Gasteiger partial charge in [0.25, 0.3) is 0 Å². The topological polar surface area (TPSA) is 55.4 Å². The second-order valence-corrected chi connectivity index (χ2v) is 5.12. The Morgan fingerprint density at radius 2 is 1.85 bits per heavy atom. The molecule has 1 aromatic carbocycles. The van der Waals surface area contributed by atoms with E-state index in [1.165, 1.54) is 5.56 Å². The van der Waals surface area contributed by atoms with E-state index in [1.807, 2.05) is 62.7 Å². The van der Waals surface area contributed by atoms with Gasteiger partial charge in [0.15, 0.2) is 11.5 Å². The van der Waals surface area contributed by atoms with Crippen LogP contribution in [0.3, 0.4) is 0 Å². The van der Waals surface area contributed by atoms with Crippen LogP contribution < -0.4 is 5.32 Å². The Kier molecular flexibility index (Phi) is 6.97. The van der Waals surface area contributed by atoms with Crippen molar-refractivity contribution in [2.75, 3.05) is 5.32 Å². The Morgan fingerprint density at radius 3 is 2.54 bits per heavy atom. The fourth-order valence-corrected chi connectivity index (χ4v) is 2.49. The Morgan fingerprint density at radius 1 is 1.04 bits per heavy atom. The lowest BCUT2D eigenvalue weighted by Crippen LogP contribution is -1.98. The molecule has 4 aromatic rings. The Hall–Kier alpha value is -3.08. The number of imidazole rings is 1. The van der Waals surface area contributed by atoms with Crippen molar-refractivity contribution in [1.29, 1.82) is 0 Å². The van der Waals surface area contributed by atoms with Gasteiger partial charge in [0, 0.05) is 23.6 Å². The van der Waals surface area contributed by atoms with Gasteiger partial charge in [-0.2, -0.15) is 0 Å². The number of benzene rings is 1. The van der Waals surface area contributed by atoms with Crippen LogP contribution in [0, 0.1) is 6.92 Å². The maximum atomic E-state index is 5.15. The highest BCUT2D eigenvalue weighted by molar-refractivity contribution is 5.74. The molecule has 3 aromatic heterocycles. The van der Waals surface area contributed by atoms with Gasteiger partial charge < -0.3 is 9.73 Å². The first kappa shape index (κ1) is 19.2. The summed E-state index contributed by atoms with van der Waals surface area (Å²) >= 11 is 0. The molecule has 1 N–H and O–H groups in total. The van der Waals surface area contributed by atoms with Gasteiger partial charge in [-0.15, -0.1) is 0 Å². The van der Waals surface area contributed by atoms with E-state index in [0.29, 0.717) is 0 Å². The van der Waals surface area contributed by atoms with Crippen LogP contribution >= 0.6 is 0 Å². The third-order valence-corrected chi connectivity index (χ3v) is 3.53. The number of nitrogens with zero attached hydrogens (tertiary/aromatic N) is 3. The van der Waals surface area contributed by atoms with E-state index in [2.05, 4.69) is 34.3 Å². The number of fused-ring (bicyclic) bond motifs is 1. The molecule has 0 bridgehead atoms. The van der Waals surface area contributed by atoms with Crippen LogP contribution in [0.25, 0.3) is 16.9 Å². The van der Waals surface area contributed by atoms with Crippen LogP contribution in [0.15, 0.2) is 65.9 Å². The molecule has 136 valence electrons. The standard InChI is InChI=1S/C17H14N4O.2C2H6/c1-12-3-2-4-14(9-12)20-16-17-19-10-15(13-5-8-22-11-13)21(17)7-6-18-16;2*1-2/h2-11H,1H3,(H,18,20);2*1-2H3. The van der Waals surface area contributed by atoms with E-state index < -0.39 is 0 Å². The number of anilines is 2. The molecule has 0 amide bonds. The van der Waals surface area contributed by atoms with Crippen LogP contribution in [0.1, 0.15) is 33.3 Å². The highest BCUT2D eigenvalue weighted by Crippen LogP contribution is 2.25. The Labute approximate surface area is 154 Å². The van der Waals surface area contributed by atoms with Crippen molar-refractivity contribution in [3.8, 4) is 11.3 Å². The van der Waals surface area contributed by atoms with Crippen molar-refractivity contribution in [3.63, 3.8) is 0 Å². The summed E-state index contributed by atoms with van der Waals surface area (Å²) in [4.78, 5) is 8.90. The first-order valence-corrected chi connectivity index (χ1v) is 8.99. The maximum Gasteiger partial charge on any atom is 0.180 e. The Bertz CT molecular complexity index is 926. The quantitative estimate of drug-likeness (QED) is 0.485. The monoisotopic (exact) mass is 350 g/mol. The summed E-state index contributed by atoms with van der Waals surface area (Å²) < 4.78 is 7.15. The molecule has 0 aliphatic carbocycles. The number of aromatic nitrogens is 3. The third kappa shape index (κ3) is 4.11. The van der Waals surface area contributed by atoms with E-state index in [1.54, 1.807) is 18.7 Å². The lowest BCUT2D eigenvalue weighted by atomic mass is 10.2. The molecule has 5 nitrogen and oxygen atoms in total. The normalized spacial score (nSPS) is 9.73. The number of hydrogen-bond donors (Lipinski definition) is 1. The second kappa shape index (κ2) is 9.42. The van der Waals surface area contributed by atoms with Gasteiger partial charge in [-0.05, 0) is 30.7 Å².